The second-order valence-corrected chi connectivity index (χ2v) is 31.0. The zero-order valence-electron chi connectivity index (χ0n) is 65.7. The van der Waals surface area contributed by atoms with Gasteiger partial charge in [0, 0.05) is 27.7 Å². The van der Waals surface area contributed by atoms with Crippen LogP contribution < -0.4 is 21.3 Å². The van der Waals surface area contributed by atoms with Crippen LogP contribution in [0.3, 0.4) is 0 Å². The van der Waals surface area contributed by atoms with E-state index in [1.165, 1.54) is 6.92 Å². The van der Waals surface area contributed by atoms with Gasteiger partial charge in [0.2, 0.25) is 23.6 Å². The van der Waals surface area contributed by atoms with E-state index in [-0.39, 0.29) is 0 Å². The third-order valence-corrected chi connectivity index (χ3v) is 22.4. The van der Waals surface area contributed by atoms with Crippen molar-refractivity contribution in [3.63, 3.8) is 0 Å². The molecule has 54 heteroatoms. The lowest BCUT2D eigenvalue weighted by molar-refractivity contribution is -0.399. The Morgan fingerprint density at radius 2 is 0.500 bits per heavy atom. The van der Waals surface area contributed by atoms with Gasteiger partial charge in [0.05, 0.1) is 65.6 Å². The summed E-state index contributed by atoms with van der Waals surface area (Å²) in [5.41, 5.74) is 0. The van der Waals surface area contributed by atoms with Gasteiger partial charge in [-0.05, 0) is 6.92 Å². The van der Waals surface area contributed by atoms with Crippen LogP contribution in [0.15, 0.2) is 0 Å². The first-order valence-corrected chi connectivity index (χ1v) is 39.0. The molecule has 0 aromatic carbocycles. The van der Waals surface area contributed by atoms with E-state index in [1.807, 2.05) is 0 Å². The molecule has 0 saturated carbocycles. The molecule has 50 atom stereocenters. The minimum absolute atomic E-state index is 0.846. The van der Waals surface area contributed by atoms with E-state index in [0.29, 0.717) is 0 Å². The maximum Gasteiger partial charge on any atom is 0.217 e. The summed E-state index contributed by atoms with van der Waals surface area (Å²) in [5, 5.41) is 310. The average molecular weight is 1790 g/mol. The van der Waals surface area contributed by atoms with Crippen molar-refractivity contribution in [2.45, 2.75) is 341 Å². The van der Waals surface area contributed by atoms with Crippen molar-refractivity contribution in [2.24, 2.45) is 0 Å². The largest absolute Gasteiger partial charge is 0.394 e. The SMILES string of the molecule is CC(=O)N[C@@H]1[C@@H](O)[C@H](O[C@@H]2O[C@H](CO)[C@@H](O[C@@H]3O[C@H](CO[C@@H]4O[C@H](CO)[C@@H](O)[C@H](O)[C@@H]4O[C@@H]4O[C@H](CO)[C@@H](O[C@@H]5O[C@H](CO)[C@H](O)[C@H](O)[C@H]5O)[C@H](O)[C@H]4NC(C)=O)[C@@H](O)[C@H](O[C@@H]4O[C@H](CO)[C@@H](O)[C@H](O)[C@@H]4O[C@@H]4O[C@H](CO)[C@@H](O[C@@H]5O[C@H](CO)[C@H](O)[C@H](O)[C@H]5O)[C@H](O)[C@H]4NC(C)=O)[C@@H]3O)[C@H](O)[C@H]2NC(C)=O)[C@@H](CO[C@@H]2O[C@@H](C)[C@@H](O)[C@@H](O)[C@@H]2O)O[C@H]1O. The molecule has 54 nitrogen and oxygen atoms in total. The molecule has 31 N–H and O–H groups in total. The lowest BCUT2D eigenvalue weighted by atomic mass is 9.93. The van der Waals surface area contributed by atoms with E-state index in [4.69, 9.17) is 90.0 Å². The lowest BCUT2D eigenvalue weighted by Crippen LogP contribution is -2.71. The standard InChI is InChI=1S/C68H114N4O50/c1-15-33(84)43(94)48(99)63(106-15)104-14-28-55(39(90)29(59(103)107-28)69-16(2)80)116-60-30(70-17(3)81)40(91)54(26(12-79)112-60)119-66-51(102)56(120-68-58(47(98)37(88)23(9-76)111-68)122-62-32(72-19(5)83)42(93)53(25(11-78)114-62)118-65-50(101)45(96)35(86)21(7-74)109-65)38(89)27(115-66)13-105-67-57(46(97)36(87)22(8-75)110-67)121-61-31(71-18(4)82)41(92)52(24(10-77)113-61)117-64-49(100)44(95)34(85)20(6-73)108-64/h15,20-68,73-79,84-103H,6-14H2,1-5H3,(H,69,80)(H,70,81)(H,71,82)(H,72,83)/t15-,20+,21+,22+,23+,24+,25+,26+,27+,28+,29+,30+,31+,32+,33+,34-,35-,36+,37+,38+,39+,40+,41+,42+,43+,44-,45-,46-,47-,48-,49+,50+,51-,52+,53+,54+,55+,56-,57-,58-,59+,60-,61-,62-,63+,64-,65-,66-,67+,68-/m0/s1. The average Bonchev–Trinajstić information content (AvgIpc) is 0.770. The van der Waals surface area contributed by atoms with Crippen molar-refractivity contribution >= 4 is 23.6 Å². The Kier molecular flexibility index (Phi) is 35.8. The smallest absolute Gasteiger partial charge is 0.217 e. The van der Waals surface area contributed by atoms with Crippen molar-refractivity contribution in [3.8, 4) is 0 Å². The van der Waals surface area contributed by atoms with Gasteiger partial charge in [0.1, 0.15) is 238 Å². The molecular formula is C68H114N4O50. The molecule has 0 bridgehead atoms. The summed E-state index contributed by atoms with van der Waals surface area (Å²) in [6.45, 7) is -4.83. The van der Waals surface area contributed by atoms with Gasteiger partial charge in [-0.25, -0.2) is 0 Å². The normalized spacial score (nSPS) is 49.7. The van der Waals surface area contributed by atoms with Gasteiger partial charge in [-0.15, -0.1) is 0 Å². The molecule has 4 amide bonds. The Bertz CT molecular complexity index is 3290. The lowest BCUT2D eigenvalue weighted by Gasteiger charge is -2.51. The van der Waals surface area contributed by atoms with Gasteiger partial charge in [-0.2, -0.15) is 0 Å². The van der Waals surface area contributed by atoms with Crippen LogP contribution in [-0.4, -0.2) is 528 Å². The number of carbonyl (C=O) groups is 4. The number of aliphatic hydroxyl groups is 27. The molecule has 0 unspecified atom stereocenters. The van der Waals surface area contributed by atoms with E-state index < -0.39 is 390 Å². The fraction of sp³-hybridized carbons (Fsp3) is 0.941. The van der Waals surface area contributed by atoms with Gasteiger partial charge >= 0.3 is 0 Å². The van der Waals surface area contributed by atoms with Crippen molar-refractivity contribution in [3.05, 3.63) is 0 Å². The van der Waals surface area contributed by atoms with E-state index in [2.05, 4.69) is 21.3 Å². The van der Waals surface area contributed by atoms with Gasteiger partial charge < -0.3 is 249 Å². The molecule has 10 heterocycles. The van der Waals surface area contributed by atoms with E-state index in [9.17, 15) is 157 Å². The highest BCUT2D eigenvalue weighted by Crippen LogP contribution is 2.41. The highest BCUT2D eigenvalue weighted by atomic mass is 16.8. The summed E-state index contributed by atoms with van der Waals surface area (Å²) in [6.07, 6.45) is -95.2. The zero-order chi connectivity index (χ0) is 89.8. The molecule has 0 aromatic heterocycles. The molecule has 10 aliphatic rings. The minimum atomic E-state index is -2.63. The molecule has 0 aliphatic carbocycles. The van der Waals surface area contributed by atoms with Crippen molar-refractivity contribution in [1.82, 2.24) is 21.3 Å². The zero-order valence-corrected chi connectivity index (χ0v) is 65.7. The number of hydrogen-bond donors (Lipinski definition) is 31. The monoisotopic (exact) mass is 1790 g/mol. The second-order valence-electron chi connectivity index (χ2n) is 31.0. The second kappa shape index (κ2) is 43.6. The third-order valence-electron chi connectivity index (χ3n) is 22.4. The maximum atomic E-state index is 13.3. The summed E-state index contributed by atoms with van der Waals surface area (Å²) in [5.74, 6) is -3.76. The summed E-state index contributed by atoms with van der Waals surface area (Å²) >= 11 is 0. The number of carbonyl (C=O) groups excluding carboxylic acids is 4. The predicted octanol–water partition coefficient (Wildman–Crippen LogP) is -21.2. The van der Waals surface area contributed by atoms with Crippen LogP contribution in [-0.2, 0) is 109 Å². The molecule has 10 aliphatic heterocycles. The molecular weight excluding hydrogens is 1670 g/mol. The number of hydrogen-bond acceptors (Lipinski definition) is 50. The Morgan fingerprint density at radius 1 is 0.230 bits per heavy atom. The Hall–Kier alpha value is -3.96. The van der Waals surface area contributed by atoms with Gasteiger partial charge in [-0.3, -0.25) is 19.2 Å². The number of nitrogens with one attached hydrogen (secondary N) is 4. The molecule has 0 aromatic rings. The first-order chi connectivity index (χ1) is 57.7. The van der Waals surface area contributed by atoms with Gasteiger partial charge in [0.25, 0.3) is 0 Å². The maximum absolute atomic E-state index is 13.3. The highest BCUT2D eigenvalue weighted by molar-refractivity contribution is 5.74. The minimum Gasteiger partial charge on any atom is -0.394 e. The fourth-order valence-electron chi connectivity index (χ4n) is 15.8. The summed E-state index contributed by atoms with van der Waals surface area (Å²) in [7, 11) is 0. The molecule has 122 heavy (non-hydrogen) atoms. The quantitative estimate of drug-likeness (QED) is 0.0306. The molecule has 10 rings (SSSR count). The first-order valence-electron chi connectivity index (χ1n) is 39.0. The van der Waals surface area contributed by atoms with Crippen LogP contribution in [0.5, 0.6) is 0 Å². The third kappa shape index (κ3) is 22.0. The van der Waals surface area contributed by atoms with Crippen molar-refractivity contribution < 1.29 is 247 Å². The summed E-state index contributed by atoms with van der Waals surface area (Å²) in [6, 6.07) is -7.69. The Labute approximate surface area is 691 Å². The number of aliphatic hydroxyl groups excluding tert-OH is 27. The van der Waals surface area contributed by atoms with Crippen LogP contribution >= 0.6 is 0 Å². The van der Waals surface area contributed by atoms with Crippen LogP contribution in [0.2, 0.25) is 0 Å². The van der Waals surface area contributed by atoms with E-state index in [1.54, 1.807) is 0 Å². The van der Waals surface area contributed by atoms with Gasteiger partial charge in [-0.1, -0.05) is 0 Å². The summed E-state index contributed by atoms with van der Waals surface area (Å²) < 4.78 is 113. The van der Waals surface area contributed by atoms with E-state index in [0.717, 1.165) is 27.7 Å². The molecule has 10 fully saturated rings. The van der Waals surface area contributed by atoms with Crippen LogP contribution in [0.4, 0.5) is 0 Å². The Morgan fingerprint density at radius 3 is 0.893 bits per heavy atom. The molecule has 0 radical (unpaired) electrons. The van der Waals surface area contributed by atoms with Crippen molar-refractivity contribution in [2.75, 3.05) is 59.5 Å². The molecule has 0 spiro atoms. The fourth-order valence-corrected chi connectivity index (χ4v) is 15.8. The van der Waals surface area contributed by atoms with E-state index >= 15 is 0 Å². The number of ether oxygens (including phenoxy) is 19. The number of amides is 4. The predicted molar refractivity (Wildman–Crippen MR) is 375 cm³/mol. The Balaban J connectivity index is 0.983. The van der Waals surface area contributed by atoms with Gasteiger partial charge in [0.15, 0.2) is 62.9 Å². The molecule has 706 valence electrons. The molecule has 10 saturated heterocycles. The topological polar surface area (TPSA) is 838 Å². The van der Waals surface area contributed by atoms with Crippen molar-refractivity contribution in [1.29, 1.82) is 0 Å². The summed E-state index contributed by atoms with van der Waals surface area (Å²) in [4.78, 5) is 51.6. The highest BCUT2D eigenvalue weighted by Gasteiger charge is 2.62. The van der Waals surface area contributed by atoms with Crippen LogP contribution in [0.1, 0.15) is 34.6 Å². The van der Waals surface area contributed by atoms with Crippen LogP contribution in [0.25, 0.3) is 0 Å². The van der Waals surface area contributed by atoms with Crippen LogP contribution in [0, 0.1) is 0 Å². The first kappa shape index (κ1) is 100. The number of rotatable bonds is 31.